The molecule has 0 bridgehead atoms. The van der Waals surface area contributed by atoms with Crippen LogP contribution in [0.15, 0.2) is 77.5 Å². The van der Waals surface area contributed by atoms with Crippen molar-refractivity contribution in [2.24, 2.45) is 5.10 Å². The number of rotatable bonds is 9. The average Bonchev–Trinajstić information content (AvgIpc) is 3.37. The number of carbonyl (C=O) groups excluding carboxylic acids is 2. The maximum atomic E-state index is 13.1. The normalized spacial score (nSPS) is 12.5. The SMILES string of the molecule is CCN(CC)c1ccc(/C=C(/NC(=O)c2ccccc2)C(=O)NN=Cc2cc3c(cc2Cl)OCO3)cc1. The van der Waals surface area contributed by atoms with Gasteiger partial charge in [-0.15, -0.1) is 0 Å². The third-order valence-corrected chi connectivity index (χ3v) is 6.05. The first-order chi connectivity index (χ1) is 18.0. The van der Waals surface area contributed by atoms with Gasteiger partial charge < -0.3 is 19.7 Å². The monoisotopic (exact) mass is 518 g/mol. The fourth-order valence-electron chi connectivity index (χ4n) is 3.73. The fourth-order valence-corrected chi connectivity index (χ4v) is 3.93. The van der Waals surface area contributed by atoms with Crippen molar-refractivity contribution < 1.29 is 19.1 Å². The van der Waals surface area contributed by atoms with E-state index in [-0.39, 0.29) is 12.5 Å². The zero-order valence-electron chi connectivity index (χ0n) is 20.5. The first-order valence-corrected chi connectivity index (χ1v) is 12.2. The van der Waals surface area contributed by atoms with Crippen molar-refractivity contribution in [3.63, 3.8) is 0 Å². The number of anilines is 1. The molecule has 9 heteroatoms. The standard InChI is InChI=1S/C28H27ClN4O4/c1-3-33(4-2)22-12-10-19(11-13-22)14-24(31-27(34)20-8-6-5-7-9-20)28(35)32-30-17-21-15-25-26(16-23(21)29)37-18-36-25/h5-17H,3-4,18H2,1-2H3,(H,31,34)(H,32,35)/b24-14+,30-17?. The molecular formula is C28H27ClN4O4. The molecule has 0 spiro atoms. The maximum absolute atomic E-state index is 13.1. The van der Waals surface area contributed by atoms with Gasteiger partial charge in [0, 0.05) is 36.0 Å². The van der Waals surface area contributed by atoms with E-state index >= 15 is 0 Å². The molecule has 0 radical (unpaired) electrons. The number of carbonyl (C=O) groups is 2. The number of nitrogens with zero attached hydrogens (tertiary/aromatic N) is 2. The summed E-state index contributed by atoms with van der Waals surface area (Å²) in [6, 6.07) is 19.7. The molecule has 3 aromatic carbocycles. The van der Waals surface area contributed by atoms with Crippen molar-refractivity contribution in [3.05, 3.63) is 94.1 Å². The predicted molar refractivity (Wildman–Crippen MR) is 145 cm³/mol. The Balaban J connectivity index is 1.54. The van der Waals surface area contributed by atoms with E-state index in [1.54, 1.807) is 42.5 Å². The molecule has 1 heterocycles. The minimum atomic E-state index is -0.592. The van der Waals surface area contributed by atoms with Crippen molar-refractivity contribution in [1.82, 2.24) is 10.7 Å². The lowest BCUT2D eigenvalue weighted by molar-refractivity contribution is -0.117. The summed E-state index contributed by atoms with van der Waals surface area (Å²) in [5.74, 6) is 0.0860. The summed E-state index contributed by atoms with van der Waals surface area (Å²) in [4.78, 5) is 28.1. The second kappa shape index (κ2) is 12.1. The lowest BCUT2D eigenvalue weighted by atomic mass is 10.1. The molecule has 3 aromatic rings. The molecule has 0 saturated heterocycles. The van der Waals surface area contributed by atoms with Gasteiger partial charge in [-0.3, -0.25) is 9.59 Å². The van der Waals surface area contributed by atoms with E-state index in [4.69, 9.17) is 21.1 Å². The van der Waals surface area contributed by atoms with E-state index < -0.39 is 11.8 Å². The zero-order valence-corrected chi connectivity index (χ0v) is 21.3. The van der Waals surface area contributed by atoms with Gasteiger partial charge in [0.15, 0.2) is 11.5 Å². The second-order valence-corrected chi connectivity index (χ2v) is 8.48. The Bertz CT molecular complexity index is 1320. The van der Waals surface area contributed by atoms with Gasteiger partial charge in [0.25, 0.3) is 11.8 Å². The van der Waals surface area contributed by atoms with Gasteiger partial charge in [-0.2, -0.15) is 5.10 Å². The van der Waals surface area contributed by atoms with Gasteiger partial charge >= 0.3 is 0 Å². The van der Waals surface area contributed by atoms with Gasteiger partial charge in [0.2, 0.25) is 6.79 Å². The molecule has 0 atom stereocenters. The maximum Gasteiger partial charge on any atom is 0.287 e. The van der Waals surface area contributed by atoms with Crippen LogP contribution in [0.1, 0.15) is 35.3 Å². The minimum absolute atomic E-state index is 0.0402. The van der Waals surface area contributed by atoms with Gasteiger partial charge in [-0.1, -0.05) is 41.9 Å². The average molecular weight is 519 g/mol. The summed E-state index contributed by atoms with van der Waals surface area (Å²) in [5.41, 5.74) is 5.29. The topological polar surface area (TPSA) is 92.3 Å². The highest BCUT2D eigenvalue weighted by Crippen LogP contribution is 2.36. The molecule has 1 aliphatic rings. The van der Waals surface area contributed by atoms with E-state index in [2.05, 4.69) is 34.6 Å². The summed E-state index contributed by atoms with van der Waals surface area (Å²) >= 11 is 6.27. The van der Waals surface area contributed by atoms with Crippen molar-refractivity contribution in [2.75, 3.05) is 24.8 Å². The quantitative estimate of drug-likeness (QED) is 0.240. The number of hydrazone groups is 1. The van der Waals surface area contributed by atoms with Crippen LogP contribution in [0.3, 0.4) is 0 Å². The van der Waals surface area contributed by atoms with Crippen LogP contribution in [-0.4, -0.2) is 37.9 Å². The van der Waals surface area contributed by atoms with Gasteiger partial charge in [0.05, 0.1) is 11.2 Å². The van der Waals surface area contributed by atoms with Crippen molar-refractivity contribution >= 4 is 41.4 Å². The fraction of sp³-hybridized carbons (Fsp3) is 0.179. The van der Waals surface area contributed by atoms with Crippen LogP contribution in [-0.2, 0) is 4.79 Å². The number of ether oxygens (including phenoxy) is 2. The first kappa shape index (κ1) is 25.8. The number of benzene rings is 3. The highest BCUT2D eigenvalue weighted by atomic mass is 35.5. The van der Waals surface area contributed by atoms with Gasteiger partial charge in [0.1, 0.15) is 5.70 Å². The Morgan fingerprint density at radius 3 is 2.35 bits per heavy atom. The van der Waals surface area contributed by atoms with E-state index in [0.29, 0.717) is 27.6 Å². The summed E-state index contributed by atoms with van der Waals surface area (Å²) < 4.78 is 10.7. The molecule has 37 heavy (non-hydrogen) atoms. The van der Waals surface area contributed by atoms with Crippen LogP contribution >= 0.6 is 11.6 Å². The summed E-state index contributed by atoms with van der Waals surface area (Å²) in [7, 11) is 0. The number of halogens is 1. The molecule has 0 saturated carbocycles. The van der Waals surface area contributed by atoms with Crippen LogP contribution < -0.4 is 25.1 Å². The van der Waals surface area contributed by atoms with E-state index in [1.165, 1.54) is 6.21 Å². The molecule has 0 fully saturated rings. The summed E-state index contributed by atoms with van der Waals surface area (Å²) in [6.07, 6.45) is 3.00. The number of fused-ring (bicyclic) bond motifs is 1. The molecule has 4 rings (SSSR count). The summed E-state index contributed by atoms with van der Waals surface area (Å²) in [5, 5.41) is 7.12. The number of nitrogens with one attached hydrogen (secondary N) is 2. The highest BCUT2D eigenvalue weighted by Gasteiger charge is 2.17. The summed E-state index contributed by atoms with van der Waals surface area (Å²) in [6.45, 7) is 6.08. The highest BCUT2D eigenvalue weighted by molar-refractivity contribution is 6.33. The van der Waals surface area contributed by atoms with E-state index in [9.17, 15) is 9.59 Å². The number of hydrogen-bond donors (Lipinski definition) is 2. The Labute approximate surface area is 220 Å². The Kier molecular flexibility index (Phi) is 8.43. The van der Waals surface area contributed by atoms with Crippen LogP contribution in [0, 0.1) is 0 Å². The molecular weight excluding hydrogens is 492 g/mol. The van der Waals surface area contributed by atoms with Crippen molar-refractivity contribution in [2.45, 2.75) is 13.8 Å². The molecule has 0 aromatic heterocycles. The smallest absolute Gasteiger partial charge is 0.287 e. The Hall–Kier alpha value is -4.30. The van der Waals surface area contributed by atoms with Gasteiger partial charge in [-0.05, 0) is 55.8 Å². The molecule has 8 nitrogen and oxygen atoms in total. The van der Waals surface area contributed by atoms with Crippen LogP contribution in [0.4, 0.5) is 5.69 Å². The third-order valence-electron chi connectivity index (χ3n) is 5.72. The van der Waals surface area contributed by atoms with Crippen LogP contribution in [0.2, 0.25) is 5.02 Å². The minimum Gasteiger partial charge on any atom is -0.454 e. The largest absolute Gasteiger partial charge is 0.454 e. The molecule has 1 aliphatic heterocycles. The van der Waals surface area contributed by atoms with Gasteiger partial charge in [-0.25, -0.2) is 5.43 Å². The third kappa shape index (κ3) is 6.48. The van der Waals surface area contributed by atoms with Crippen LogP contribution in [0.5, 0.6) is 11.5 Å². The number of amides is 2. The van der Waals surface area contributed by atoms with E-state index in [1.807, 2.05) is 30.3 Å². The molecule has 0 unspecified atom stereocenters. The molecule has 190 valence electrons. The predicted octanol–water partition coefficient (Wildman–Crippen LogP) is 4.84. The molecule has 0 aliphatic carbocycles. The van der Waals surface area contributed by atoms with Crippen molar-refractivity contribution in [1.29, 1.82) is 0 Å². The second-order valence-electron chi connectivity index (χ2n) is 8.07. The number of hydrogen-bond acceptors (Lipinski definition) is 6. The Morgan fingerprint density at radius 1 is 1.00 bits per heavy atom. The zero-order chi connectivity index (χ0) is 26.2. The molecule has 2 N–H and O–H groups in total. The first-order valence-electron chi connectivity index (χ1n) is 11.8. The van der Waals surface area contributed by atoms with Crippen LogP contribution in [0.25, 0.3) is 6.08 Å². The van der Waals surface area contributed by atoms with Crippen molar-refractivity contribution in [3.8, 4) is 11.5 Å². The lowest BCUT2D eigenvalue weighted by Gasteiger charge is -2.20. The van der Waals surface area contributed by atoms with E-state index in [0.717, 1.165) is 24.3 Å². The molecule has 2 amide bonds. The Morgan fingerprint density at radius 2 is 1.68 bits per heavy atom. The lowest BCUT2D eigenvalue weighted by Crippen LogP contribution is -2.32.